The highest BCUT2D eigenvalue weighted by molar-refractivity contribution is 8.01. The number of aromatic nitrogens is 2. The van der Waals surface area contributed by atoms with Crippen molar-refractivity contribution in [3.8, 4) is 0 Å². The summed E-state index contributed by atoms with van der Waals surface area (Å²) in [6.07, 6.45) is 1.43. The van der Waals surface area contributed by atoms with Gasteiger partial charge in [-0.05, 0) is 49.3 Å². The standard InChI is InChI=1S/C17H24N4O3S3/c1-6-14(15(22)18-16-19-20-17(26-16)25-7-2)21(27(5,23)24)13-9-8-11(3)12(4)10-13/h8-10,14H,6-7H2,1-5H3,(H,18,19,22). The fourth-order valence-corrected chi connectivity index (χ4v) is 5.41. The van der Waals surface area contributed by atoms with Gasteiger partial charge in [-0.2, -0.15) is 0 Å². The number of amides is 1. The fraction of sp³-hybridized carbons (Fsp3) is 0.471. The number of hydrogen-bond acceptors (Lipinski definition) is 7. The van der Waals surface area contributed by atoms with Crippen LogP contribution in [0.4, 0.5) is 10.8 Å². The van der Waals surface area contributed by atoms with Crippen LogP contribution >= 0.6 is 23.1 Å². The van der Waals surface area contributed by atoms with E-state index in [1.807, 2.05) is 26.8 Å². The van der Waals surface area contributed by atoms with Crippen molar-refractivity contribution >= 4 is 49.8 Å². The Morgan fingerprint density at radius 1 is 1.26 bits per heavy atom. The second kappa shape index (κ2) is 9.03. The highest BCUT2D eigenvalue weighted by Crippen LogP contribution is 2.28. The maximum Gasteiger partial charge on any atom is 0.250 e. The summed E-state index contributed by atoms with van der Waals surface area (Å²) in [5.41, 5.74) is 2.49. The molecule has 7 nitrogen and oxygen atoms in total. The molecule has 0 aliphatic rings. The molecule has 0 fully saturated rings. The van der Waals surface area contributed by atoms with E-state index in [1.54, 1.807) is 19.1 Å². The second-order valence-electron chi connectivity index (χ2n) is 6.05. The van der Waals surface area contributed by atoms with Crippen molar-refractivity contribution < 1.29 is 13.2 Å². The molecule has 1 heterocycles. The van der Waals surface area contributed by atoms with Crippen LogP contribution in [-0.2, 0) is 14.8 Å². The average molecular weight is 429 g/mol. The molecule has 0 bridgehead atoms. The summed E-state index contributed by atoms with van der Waals surface area (Å²) < 4.78 is 26.9. The Morgan fingerprint density at radius 3 is 2.52 bits per heavy atom. The third-order valence-electron chi connectivity index (χ3n) is 3.98. The molecule has 148 valence electrons. The third kappa shape index (κ3) is 5.43. The van der Waals surface area contributed by atoms with Gasteiger partial charge >= 0.3 is 0 Å². The van der Waals surface area contributed by atoms with Gasteiger partial charge in [0.25, 0.3) is 0 Å². The smallest absolute Gasteiger partial charge is 0.250 e. The zero-order chi connectivity index (χ0) is 20.2. The van der Waals surface area contributed by atoms with Crippen molar-refractivity contribution in [2.75, 3.05) is 21.6 Å². The van der Waals surface area contributed by atoms with Crippen LogP contribution in [0, 0.1) is 13.8 Å². The lowest BCUT2D eigenvalue weighted by Crippen LogP contribution is -2.47. The van der Waals surface area contributed by atoms with E-state index in [9.17, 15) is 13.2 Å². The van der Waals surface area contributed by atoms with Crippen molar-refractivity contribution in [1.82, 2.24) is 10.2 Å². The van der Waals surface area contributed by atoms with Gasteiger partial charge in [-0.15, -0.1) is 10.2 Å². The highest BCUT2D eigenvalue weighted by Gasteiger charge is 2.32. The van der Waals surface area contributed by atoms with Crippen molar-refractivity contribution in [2.24, 2.45) is 0 Å². The molecule has 1 N–H and O–H groups in total. The lowest BCUT2D eigenvalue weighted by atomic mass is 10.1. The zero-order valence-corrected chi connectivity index (χ0v) is 18.5. The molecular weight excluding hydrogens is 404 g/mol. The molecule has 1 aromatic carbocycles. The predicted molar refractivity (Wildman–Crippen MR) is 112 cm³/mol. The first-order chi connectivity index (χ1) is 12.7. The number of hydrogen-bond donors (Lipinski definition) is 1. The van der Waals surface area contributed by atoms with E-state index in [1.165, 1.54) is 27.4 Å². The zero-order valence-electron chi connectivity index (χ0n) is 16.0. The number of nitrogens with zero attached hydrogens (tertiary/aromatic N) is 3. The largest absolute Gasteiger partial charge is 0.299 e. The Hall–Kier alpha value is -1.65. The minimum Gasteiger partial charge on any atom is -0.299 e. The Kier molecular flexibility index (Phi) is 7.24. The molecule has 1 atom stereocenters. The summed E-state index contributed by atoms with van der Waals surface area (Å²) in [6, 6.07) is 4.48. The molecule has 0 aliphatic carbocycles. The van der Waals surface area contributed by atoms with Crippen LogP contribution in [0.3, 0.4) is 0 Å². The SMILES string of the molecule is CCSc1nnc(NC(=O)C(CC)N(c2ccc(C)c(C)c2)S(C)(=O)=O)s1. The number of rotatable bonds is 8. The van der Waals surface area contributed by atoms with Gasteiger partial charge in [0.1, 0.15) is 6.04 Å². The van der Waals surface area contributed by atoms with E-state index in [2.05, 4.69) is 15.5 Å². The summed E-state index contributed by atoms with van der Waals surface area (Å²) in [4.78, 5) is 12.8. The number of benzene rings is 1. The minimum atomic E-state index is -3.66. The molecule has 2 rings (SSSR count). The maximum absolute atomic E-state index is 12.8. The summed E-state index contributed by atoms with van der Waals surface area (Å²) in [5.74, 6) is 0.430. The quantitative estimate of drug-likeness (QED) is 0.511. The maximum atomic E-state index is 12.8. The first-order valence-electron chi connectivity index (χ1n) is 8.51. The van der Waals surface area contributed by atoms with Crippen LogP contribution in [0.1, 0.15) is 31.4 Å². The number of sulfonamides is 1. The van der Waals surface area contributed by atoms with E-state index in [4.69, 9.17) is 0 Å². The predicted octanol–water partition coefficient (Wildman–Crippen LogP) is 3.45. The number of nitrogens with one attached hydrogen (secondary N) is 1. The van der Waals surface area contributed by atoms with Crippen LogP contribution in [-0.4, -0.2) is 42.6 Å². The van der Waals surface area contributed by atoms with E-state index in [0.717, 1.165) is 27.5 Å². The van der Waals surface area contributed by atoms with E-state index >= 15 is 0 Å². The number of anilines is 2. The first kappa shape index (κ1) is 21.6. The van der Waals surface area contributed by atoms with Crippen LogP contribution in [0.5, 0.6) is 0 Å². The molecule has 10 heteroatoms. The van der Waals surface area contributed by atoms with Crippen LogP contribution in [0.2, 0.25) is 0 Å². The van der Waals surface area contributed by atoms with Crippen LogP contribution < -0.4 is 9.62 Å². The molecule has 0 saturated carbocycles. The Morgan fingerprint density at radius 2 is 1.96 bits per heavy atom. The fourth-order valence-electron chi connectivity index (χ4n) is 2.55. The molecule has 0 radical (unpaired) electrons. The monoisotopic (exact) mass is 428 g/mol. The van der Waals surface area contributed by atoms with Gasteiger partial charge in [-0.25, -0.2) is 8.42 Å². The van der Waals surface area contributed by atoms with Gasteiger partial charge in [-0.3, -0.25) is 14.4 Å². The number of aryl methyl sites for hydroxylation is 2. The van der Waals surface area contributed by atoms with Gasteiger partial charge in [0.2, 0.25) is 21.1 Å². The third-order valence-corrected chi connectivity index (χ3v) is 7.01. The van der Waals surface area contributed by atoms with Gasteiger partial charge in [0, 0.05) is 0 Å². The van der Waals surface area contributed by atoms with Crippen LogP contribution in [0.15, 0.2) is 22.5 Å². The normalized spacial score (nSPS) is 12.6. The molecule has 0 aliphatic heterocycles. The van der Waals surface area contributed by atoms with Gasteiger partial charge < -0.3 is 0 Å². The van der Waals surface area contributed by atoms with Crippen molar-refractivity contribution in [2.45, 2.75) is 44.5 Å². The molecule has 1 aromatic heterocycles. The molecule has 1 unspecified atom stereocenters. The molecule has 27 heavy (non-hydrogen) atoms. The van der Waals surface area contributed by atoms with Gasteiger partial charge in [0.15, 0.2) is 4.34 Å². The summed E-state index contributed by atoms with van der Waals surface area (Å²) >= 11 is 2.81. The van der Waals surface area contributed by atoms with E-state index in [0.29, 0.717) is 17.2 Å². The van der Waals surface area contributed by atoms with Crippen LogP contribution in [0.25, 0.3) is 0 Å². The molecule has 1 amide bonds. The molecular formula is C17H24N4O3S3. The Bertz CT molecular complexity index is 912. The number of carbonyl (C=O) groups is 1. The average Bonchev–Trinajstić information content (AvgIpc) is 3.01. The summed E-state index contributed by atoms with van der Waals surface area (Å²) in [5, 5.41) is 11.0. The lowest BCUT2D eigenvalue weighted by Gasteiger charge is -2.30. The molecule has 0 spiro atoms. The van der Waals surface area contributed by atoms with Crippen molar-refractivity contribution in [1.29, 1.82) is 0 Å². The lowest BCUT2D eigenvalue weighted by molar-refractivity contribution is -0.117. The van der Waals surface area contributed by atoms with Crippen molar-refractivity contribution in [3.05, 3.63) is 29.3 Å². The molecule has 2 aromatic rings. The Balaban J connectivity index is 2.33. The topological polar surface area (TPSA) is 92.3 Å². The molecule has 0 saturated heterocycles. The summed E-state index contributed by atoms with van der Waals surface area (Å²) in [7, 11) is -3.66. The van der Waals surface area contributed by atoms with Gasteiger partial charge in [0.05, 0.1) is 11.9 Å². The Labute approximate surface area is 168 Å². The van der Waals surface area contributed by atoms with Crippen molar-refractivity contribution in [3.63, 3.8) is 0 Å². The highest BCUT2D eigenvalue weighted by atomic mass is 32.2. The van der Waals surface area contributed by atoms with Gasteiger partial charge in [-0.1, -0.05) is 43.0 Å². The second-order valence-corrected chi connectivity index (χ2v) is 10.4. The summed E-state index contributed by atoms with van der Waals surface area (Å²) in [6.45, 7) is 7.65. The minimum absolute atomic E-state index is 0.321. The van der Waals surface area contributed by atoms with E-state index in [-0.39, 0.29) is 0 Å². The number of carbonyl (C=O) groups excluding carboxylic acids is 1. The number of thioether (sulfide) groups is 1. The first-order valence-corrected chi connectivity index (χ1v) is 12.2. The van der Waals surface area contributed by atoms with E-state index < -0.39 is 22.0 Å².